The van der Waals surface area contributed by atoms with Crippen LogP contribution >= 0.6 is 0 Å². The standard InChI is InChI=1S/C28H46O4/c1-3-5-6-7-10-13-18-24-31-27(29)22-14-11-8-9-12-15-23-28(30)32-26-21-17-16-20-25(26)19-4-2/h16-17,20-21H,3-15,18-19,22-24H2,1-2H3. The number of carbonyl (C=O) groups excluding carboxylic acids is 2. The third-order valence-corrected chi connectivity index (χ3v) is 5.74. The summed E-state index contributed by atoms with van der Waals surface area (Å²) < 4.78 is 10.9. The first-order valence-electron chi connectivity index (χ1n) is 13.1. The van der Waals surface area contributed by atoms with Gasteiger partial charge in [0.1, 0.15) is 5.75 Å². The molecule has 0 aliphatic rings. The van der Waals surface area contributed by atoms with Gasteiger partial charge < -0.3 is 9.47 Å². The van der Waals surface area contributed by atoms with E-state index in [-0.39, 0.29) is 11.9 Å². The van der Waals surface area contributed by atoms with Gasteiger partial charge in [-0.1, -0.05) is 103 Å². The van der Waals surface area contributed by atoms with Crippen molar-refractivity contribution in [1.82, 2.24) is 0 Å². The van der Waals surface area contributed by atoms with Gasteiger partial charge in [-0.3, -0.25) is 9.59 Å². The Kier molecular flexibility index (Phi) is 17.5. The molecule has 1 aromatic carbocycles. The van der Waals surface area contributed by atoms with E-state index in [0.29, 0.717) is 25.2 Å². The summed E-state index contributed by atoms with van der Waals surface area (Å²) in [6.45, 7) is 4.93. The third kappa shape index (κ3) is 15.0. The van der Waals surface area contributed by atoms with Crippen LogP contribution in [0, 0.1) is 0 Å². The molecule has 1 aromatic rings. The number of para-hydroxylation sites is 1. The van der Waals surface area contributed by atoms with Gasteiger partial charge in [0, 0.05) is 12.8 Å². The van der Waals surface area contributed by atoms with E-state index in [9.17, 15) is 9.59 Å². The molecule has 0 radical (unpaired) electrons. The van der Waals surface area contributed by atoms with E-state index >= 15 is 0 Å². The highest BCUT2D eigenvalue weighted by atomic mass is 16.5. The number of aryl methyl sites for hydroxylation is 1. The van der Waals surface area contributed by atoms with Gasteiger partial charge in [-0.2, -0.15) is 0 Å². The Hall–Kier alpha value is -1.84. The molecule has 182 valence electrons. The zero-order valence-corrected chi connectivity index (χ0v) is 20.7. The molecule has 0 saturated carbocycles. The van der Waals surface area contributed by atoms with Gasteiger partial charge in [-0.15, -0.1) is 0 Å². The molecule has 0 aliphatic carbocycles. The summed E-state index contributed by atoms with van der Waals surface area (Å²) >= 11 is 0. The van der Waals surface area contributed by atoms with Gasteiger partial charge in [0.2, 0.25) is 0 Å². The Bertz CT molecular complexity index is 611. The molecular formula is C28H46O4. The van der Waals surface area contributed by atoms with Gasteiger partial charge in [0.05, 0.1) is 6.61 Å². The van der Waals surface area contributed by atoms with E-state index in [4.69, 9.17) is 9.47 Å². The molecule has 0 unspecified atom stereocenters. The van der Waals surface area contributed by atoms with Crippen LogP contribution in [-0.2, 0) is 20.7 Å². The number of esters is 2. The molecule has 0 aromatic heterocycles. The van der Waals surface area contributed by atoms with Crippen LogP contribution in [0.3, 0.4) is 0 Å². The van der Waals surface area contributed by atoms with Crippen molar-refractivity contribution in [2.24, 2.45) is 0 Å². The molecule has 0 saturated heterocycles. The van der Waals surface area contributed by atoms with Gasteiger partial charge in [0.15, 0.2) is 0 Å². The average Bonchev–Trinajstić information content (AvgIpc) is 2.79. The predicted molar refractivity (Wildman–Crippen MR) is 132 cm³/mol. The van der Waals surface area contributed by atoms with E-state index in [2.05, 4.69) is 13.8 Å². The van der Waals surface area contributed by atoms with Gasteiger partial charge in [0.25, 0.3) is 0 Å². The summed E-state index contributed by atoms with van der Waals surface area (Å²) in [5.74, 6) is 0.512. The van der Waals surface area contributed by atoms with Crippen LogP contribution in [0.5, 0.6) is 5.75 Å². The van der Waals surface area contributed by atoms with Crippen LogP contribution in [0.25, 0.3) is 0 Å². The number of carbonyl (C=O) groups is 2. The first-order valence-corrected chi connectivity index (χ1v) is 13.1. The molecule has 0 fully saturated rings. The minimum atomic E-state index is -0.141. The van der Waals surface area contributed by atoms with Gasteiger partial charge >= 0.3 is 11.9 Å². The Morgan fingerprint density at radius 3 is 1.88 bits per heavy atom. The van der Waals surface area contributed by atoms with Crippen molar-refractivity contribution in [1.29, 1.82) is 0 Å². The summed E-state index contributed by atoms with van der Waals surface area (Å²) in [6.07, 6.45) is 17.6. The Labute approximate surface area is 196 Å². The second kappa shape index (κ2) is 19.8. The van der Waals surface area contributed by atoms with Crippen molar-refractivity contribution in [3.63, 3.8) is 0 Å². The van der Waals surface area contributed by atoms with E-state index in [1.807, 2.05) is 24.3 Å². The summed E-state index contributed by atoms with van der Waals surface area (Å²) in [5.41, 5.74) is 1.10. The Balaban J connectivity index is 1.93. The van der Waals surface area contributed by atoms with Crippen molar-refractivity contribution in [2.45, 2.75) is 123 Å². The maximum absolute atomic E-state index is 12.1. The zero-order chi connectivity index (χ0) is 23.3. The molecule has 4 nitrogen and oxygen atoms in total. The second-order valence-corrected chi connectivity index (χ2v) is 8.79. The van der Waals surface area contributed by atoms with E-state index < -0.39 is 0 Å². The number of unbranched alkanes of at least 4 members (excludes halogenated alkanes) is 11. The number of benzene rings is 1. The molecule has 0 atom stereocenters. The molecule has 0 bridgehead atoms. The molecule has 4 heteroatoms. The average molecular weight is 447 g/mol. The van der Waals surface area contributed by atoms with Crippen molar-refractivity contribution in [3.8, 4) is 5.75 Å². The lowest BCUT2D eigenvalue weighted by molar-refractivity contribution is -0.144. The lowest BCUT2D eigenvalue weighted by atomic mass is 10.1. The molecular weight excluding hydrogens is 400 g/mol. The van der Waals surface area contributed by atoms with Crippen LogP contribution in [-0.4, -0.2) is 18.5 Å². The predicted octanol–water partition coefficient (Wildman–Crippen LogP) is 7.96. The molecule has 0 spiro atoms. The minimum absolute atomic E-state index is 0.0536. The first kappa shape index (κ1) is 28.2. The highest BCUT2D eigenvalue weighted by molar-refractivity contribution is 5.72. The Morgan fingerprint density at radius 1 is 0.656 bits per heavy atom. The minimum Gasteiger partial charge on any atom is -0.466 e. The summed E-state index contributed by atoms with van der Waals surface area (Å²) in [7, 11) is 0. The van der Waals surface area contributed by atoms with Crippen LogP contribution < -0.4 is 4.74 Å². The van der Waals surface area contributed by atoms with Crippen molar-refractivity contribution in [2.75, 3.05) is 6.61 Å². The summed E-state index contributed by atoms with van der Waals surface area (Å²) in [4.78, 5) is 23.9. The van der Waals surface area contributed by atoms with E-state index in [1.54, 1.807) is 0 Å². The number of ether oxygens (including phenoxy) is 2. The summed E-state index contributed by atoms with van der Waals surface area (Å²) in [5, 5.41) is 0. The number of hydrogen-bond donors (Lipinski definition) is 0. The van der Waals surface area contributed by atoms with Crippen molar-refractivity contribution in [3.05, 3.63) is 29.8 Å². The fraction of sp³-hybridized carbons (Fsp3) is 0.714. The van der Waals surface area contributed by atoms with E-state index in [1.165, 1.54) is 32.1 Å². The normalized spacial score (nSPS) is 10.8. The maximum Gasteiger partial charge on any atom is 0.311 e. The molecule has 0 heterocycles. The largest absolute Gasteiger partial charge is 0.466 e. The highest BCUT2D eigenvalue weighted by Crippen LogP contribution is 2.20. The number of hydrogen-bond acceptors (Lipinski definition) is 4. The highest BCUT2D eigenvalue weighted by Gasteiger charge is 2.08. The lowest BCUT2D eigenvalue weighted by Gasteiger charge is -2.09. The molecule has 32 heavy (non-hydrogen) atoms. The number of rotatable bonds is 20. The van der Waals surface area contributed by atoms with Crippen molar-refractivity contribution >= 4 is 11.9 Å². The zero-order valence-electron chi connectivity index (χ0n) is 20.7. The third-order valence-electron chi connectivity index (χ3n) is 5.74. The lowest BCUT2D eigenvalue weighted by Crippen LogP contribution is -2.09. The van der Waals surface area contributed by atoms with Crippen LogP contribution in [0.2, 0.25) is 0 Å². The monoisotopic (exact) mass is 446 g/mol. The quantitative estimate of drug-likeness (QED) is 0.116. The van der Waals surface area contributed by atoms with E-state index in [0.717, 1.165) is 69.8 Å². The maximum atomic E-state index is 12.1. The Morgan fingerprint density at radius 2 is 1.22 bits per heavy atom. The van der Waals surface area contributed by atoms with Crippen LogP contribution in [0.1, 0.15) is 122 Å². The summed E-state index contributed by atoms with van der Waals surface area (Å²) in [6, 6.07) is 7.80. The van der Waals surface area contributed by atoms with Gasteiger partial charge in [-0.25, -0.2) is 0 Å². The SMILES string of the molecule is CCCCCCCCCOC(=O)CCCCCCCCC(=O)Oc1ccccc1CCC. The molecule has 0 N–H and O–H groups in total. The molecule has 0 amide bonds. The fourth-order valence-corrected chi connectivity index (χ4v) is 3.82. The molecule has 1 rings (SSSR count). The van der Waals surface area contributed by atoms with Crippen LogP contribution in [0.15, 0.2) is 24.3 Å². The topological polar surface area (TPSA) is 52.6 Å². The fourth-order valence-electron chi connectivity index (χ4n) is 3.82. The first-order chi connectivity index (χ1) is 15.7. The van der Waals surface area contributed by atoms with Gasteiger partial charge in [-0.05, 0) is 37.3 Å². The molecule has 0 aliphatic heterocycles. The smallest absolute Gasteiger partial charge is 0.311 e. The second-order valence-electron chi connectivity index (χ2n) is 8.79. The van der Waals surface area contributed by atoms with Crippen molar-refractivity contribution < 1.29 is 19.1 Å². The van der Waals surface area contributed by atoms with Crippen LogP contribution in [0.4, 0.5) is 0 Å².